The van der Waals surface area contributed by atoms with Crippen molar-refractivity contribution >= 4 is 27.5 Å². The summed E-state index contributed by atoms with van der Waals surface area (Å²) in [5, 5.41) is 0. The number of amides is 2. The van der Waals surface area contributed by atoms with E-state index in [1.165, 1.54) is 30.3 Å². The normalized spacial score (nSPS) is 11.5. The van der Waals surface area contributed by atoms with Crippen molar-refractivity contribution in [2.75, 3.05) is 4.72 Å². The summed E-state index contributed by atoms with van der Waals surface area (Å²) in [6.07, 6.45) is -4.87. The van der Waals surface area contributed by atoms with Crippen LogP contribution in [0.15, 0.2) is 77.7 Å². The molecule has 3 aromatic rings. The number of halogens is 4. The standard InChI is InChI=1S/C22H17F4N3O4S/c23-17-7-1-4-14(10-17)11-20(30)27-28-21(31)15-5-2-9-19(12-15)34(32,33)29-18-8-3-6-16(13-18)22(24,25)26/h1-10,12-13,29H,11H2,(H,27,30)(H,28,31). The molecular weight excluding hydrogens is 478 g/mol. The Morgan fingerprint density at radius 1 is 0.853 bits per heavy atom. The second-order valence-electron chi connectivity index (χ2n) is 7.02. The van der Waals surface area contributed by atoms with Gasteiger partial charge in [-0.1, -0.05) is 24.3 Å². The second kappa shape index (κ2) is 9.91. The molecule has 0 heterocycles. The molecule has 178 valence electrons. The van der Waals surface area contributed by atoms with Crippen LogP contribution < -0.4 is 15.6 Å². The molecule has 7 nitrogen and oxygen atoms in total. The first kappa shape index (κ1) is 24.7. The van der Waals surface area contributed by atoms with Crippen LogP contribution in [0.2, 0.25) is 0 Å². The average molecular weight is 495 g/mol. The van der Waals surface area contributed by atoms with Gasteiger partial charge in [0.05, 0.1) is 16.9 Å². The van der Waals surface area contributed by atoms with Crippen molar-refractivity contribution in [2.45, 2.75) is 17.5 Å². The molecule has 3 N–H and O–H groups in total. The molecule has 2 amide bonds. The van der Waals surface area contributed by atoms with Gasteiger partial charge < -0.3 is 0 Å². The number of nitrogens with one attached hydrogen (secondary N) is 3. The molecule has 12 heteroatoms. The van der Waals surface area contributed by atoms with Gasteiger partial charge in [-0.25, -0.2) is 12.8 Å². The van der Waals surface area contributed by atoms with Gasteiger partial charge in [-0.15, -0.1) is 0 Å². The summed E-state index contributed by atoms with van der Waals surface area (Å²) in [7, 11) is -4.33. The fourth-order valence-corrected chi connectivity index (χ4v) is 3.95. The van der Waals surface area contributed by atoms with Crippen molar-refractivity contribution in [3.63, 3.8) is 0 Å². The molecule has 3 rings (SSSR count). The minimum atomic E-state index is -4.65. The van der Waals surface area contributed by atoms with Gasteiger partial charge in [0, 0.05) is 11.3 Å². The number of sulfonamides is 1. The third kappa shape index (κ3) is 6.54. The van der Waals surface area contributed by atoms with Gasteiger partial charge >= 0.3 is 6.18 Å². The molecule has 0 bridgehead atoms. The number of carbonyl (C=O) groups is 2. The Morgan fingerprint density at radius 3 is 2.26 bits per heavy atom. The summed E-state index contributed by atoms with van der Waals surface area (Å²) in [5.41, 5.74) is 3.14. The van der Waals surface area contributed by atoms with Crippen LogP contribution in [0.4, 0.5) is 23.2 Å². The first-order valence-corrected chi connectivity index (χ1v) is 11.1. The van der Waals surface area contributed by atoms with E-state index in [1.807, 2.05) is 4.72 Å². The van der Waals surface area contributed by atoms with Gasteiger partial charge in [-0.3, -0.25) is 25.2 Å². The lowest BCUT2D eigenvalue weighted by Crippen LogP contribution is -2.42. The highest BCUT2D eigenvalue weighted by Crippen LogP contribution is 2.31. The van der Waals surface area contributed by atoms with Gasteiger partial charge in [0.25, 0.3) is 15.9 Å². The molecule has 0 radical (unpaired) electrons. The Balaban J connectivity index is 1.67. The molecule has 0 aliphatic heterocycles. The predicted octanol–water partition coefficient (Wildman–Crippen LogP) is 3.65. The maximum absolute atomic E-state index is 13.2. The number of alkyl halides is 3. The average Bonchev–Trinajstić information content (AvgIpc) is 2.77. The van der Waals surface area contributed by atoms with Crippen molar-refractivity contribution in [1.82, 2.24) is 10.9 Å². The van der Waals surface area contributed by atoms with E-state index in [0.29, 0.717) is 11.6 Å². The van der Waals surface area contributed by atoms with Crippen LogP contribution in [0.3, 0.4) is 0 Å². The Bertz CT molecular complexity index is 1330. The summed E-state index contributed by atoms with van der Waals surface area (Å²) in [6, 6.07) is 13.6. The van der Waals surface area contributed by atoms with E-state index in [4.69, 9.17) is 0 Å². The van der Waals surface area contributed by atoms with E-state index >= 15 is 0 Å². The highest BCUT2D eigenvalue weighted by atomic mass is 32.2. The quantitative estimate of drug-likeness (QED) is 0.359. The lowest BCUT2D eigenvalue weighted by atomic mass is 10.1. The van der Waals surface area contributed by atoms with Gasteiger partial charge in [0.1, 0.15) is 5.82 Å². The fraction of sp³-hybridized carbons (Fsp3) is 0.0909. The van der Waals surface area contributed by atoms with E-state index in [0.717, 1.165) is 36.4 Å². The zero-order valence-electron chi connectivity index (χ0n) is 17.2. The molecule has 0 atom stereocenters. The van der Waals surface area contributed by atoms with E-state index < -0.39 is 39.4 Å². The highest BCUT2D eigenvalue weighted by molar-refractivity contribution is 7.92. The van der Waals surface area contributed by atoms with Crippen LogP contribution >= 0.6 is 0 Å². The van der Waals surface area contributed by atoms with Gasteiger partial charge in [0.2, 0.25) is 5.91 Å². The number of carbonyl (C=O) groups excluding carboxylic acids is 2. The van der Waals surface area contributed by atoms with Crippen molar-refractivity contribution in [3.05, 3.63) is 95.3 Å². The Labute approximate surface area is 191 Å². The summed E-state index contributed by atoms with van der Waals surface area (Å²) in [4.78, 5) is 23.9. The van der Waals surface area contributed by atoms with Crippen molar-refractivity contribution in [2.24, 2.45) is 0 Å². The van der Waals surface area contributed by atoms with Crippen molar-refractivity contribution in [1.29, 1.82) is 0 Å². The largest absolute Gasteiger partial charge is 0.416 e. The summed E-state index contributed by atoms with van der Waals surface area (Å²) >= 11 is 0. The number of hydrogen-bond donors (Lipinski definition) is 3. The fourth-order valence-electron chi connectivity index (χ4n) is 2.85. The summed E-state index contributed by atoms with van der Waals surface area (Å²) < 4.78 is 79.0. The number of anilines is 1. The smallest absolute Gasteiger partial charge is 0.280 e. The molecule has 0 saturated carbocycles. The van der Waals surface area contributed by atoms with E-state index in [1.54, 1.807) is 0 Å². The van der Waals surface area contributed by atoms with E-state index in [9.17, 15) is 35.6 Å². The Hall–Kier alpha value is -3.93. The molecule has 0 aromatic heterocycles. The van der Waals surface area contributed by atoms with Gasteiger partial charge in [-0.05, 0) is 54.1 Å². The molecule has 0 aliphatic carbocycles. The number of benzene rings is 3. The second-order valence-corrected chi connectivity index (χ2v) is 8.70. The minimum Gasteiger partial charge on any atom is -0.280 e. The number of hydrogen-bond acceptors (Lipinski definition) is 4. The summed E-state index contributed by atoms with van der Waals surface area (Å²) in [5.74, 6) is -2.01. The Kier molecular flexibility index (Phi) is 7.20. The zero-order valence-corrected chi connectivity index (χ0v) is 18.0. The zero-order chi connectivity index (χ0) is 24.9. The lowest BCUT2D eigenvalue weighted by Gasteiger charge is -2.12. The minimum absolute atomic E-state index is 0.141. The van der Waals surface area contributed by atoms with E-state index in [-0.39, 0.29) is 22.6 Å². The maximum Gasteiger partial charge on any atom is 0.416 e. The summed E-state index contributed by atoms with van der Waals surface area (Å²) in [6.45, 7) is 0. The Morgan fingerprint density at radius 2 is 1.56 bits per heavy atom. The third-order valence-electron chi connectivity index (χ3n) is 4.42. The third-order valence-corrected chi connectivity index (χ3v) is 5.80. The van der Waals surface area contributed by atoms with Crippen LogP contribution in [0.5, 0.6) is 0 Å². The molecule has 0 unspecified atom stereocenters. The number of rotatable bonds is 6. The predicted molar refractivity (Wildman–Crippen MR) is 114 cm³/mol. The molecule has 0 spiro atoms. The van der Waals surface area contributed by atoms with Crippen molar-refractivity contribution in [3.8, 4) is 0 Å². The van der Waals surface area contributed by atoms with E-state index in [2.05, 4.69) is 10.9 Å². The SMILES string of the molecule is O=C(Cc1cccc(F)c1)NNC(=O)c1cccc(S(=O)(=O)Nc2cccc(C(F)(F)F)c2)c1. The van der Waals surface area contributed by atoms with Crippen LogP contribution in [0.25, 0.3) is 0 Å². The van der Waals surface area contributed by atoms with Gasteiger partial charge in [0.15, 0.2) is 0 Å². The van der Waals surface area contributed by atoms with Gasteiger partial charge in [-0.2, -0.15) is 13.2 Å². The highest BCUT2D eigenvalue weighted by Gasteiger charge is 2.30. The topological polar surface area (TPSA) is 104 Å². The monoisotopic (exact) mass is 495 g/mol. The molecule has 0 fully saturated rings. The molecule has 0 aliphatic rings. The first-order chi connectivity index (χ1) is 15.9. The maximum atomic E-state index is 13.2. The van der Waals surface area contributed by atoms with Crippen LogP contribution in [0.1, 0.15) is 21.5 Å². The first-order valence-electron chi connectivity index (χ1n) is 9.58. The molecule has 3 aromatic carbocycles. The van der Waals surface area contributed by atoms with Crippen molar-refractivity contribution < 1.29 is 35.6 Å². The number of hydrazine groups is 1. The van der Waals surface area contributed by atoms with Crippen LogP contribution in [-0.4, -0.2) is 20.2 Å². The molecular formula is C22H17F4N3O4S. The molecule has 0 saturated heterocycles. The van der Waals surface area contributed by atoms with Crippen LogP contribution in [0, 0.1) is 5.82 Å². The molecule has 34 heavy (non-hydrogen) atoms. The lowest BCUT2D eigenvalue weighted by molar-refractivity contribution is -0.137. The van der Waals surface area contributed by atoms with Crippen LogP contribution in [-0.2, 0) is 27.4 Å².